The van der Waals surface area contributed by atoms with E-state index in [4.69, 9.17) is 4.42 Å². The summed E-state index contributed by atoms with van der Waals surface area (Å²) in [5.41, 5.74) is 2.40. The Hall–Kier alpha value is -2.75. The Kier molecular flexibility index (Phi) is 4.53. The van der Waals surface area contributed by atoms with Gasteiger partial charge in [0.15, 0.2) is 0 Å². The fourth-order valence-electron chi connectivity index (χ4n) is 3.24. The van der Waals surface area contributed by atoms with Gasteiger partial charge in [0.05, 0.1) is 6.26 Å². The quantitative estimate of drug-likeness (QED) is 0.712. The monoisotopic (exact) mass is 337 g/mol. The third kappa shape index (κ3) is 3.53. The Morgan fingerprint density at radius 1 is 1.08 bits per heavy atom. The van der Waals surface area contributed by atoms with Crippen LogP contribution in [0.1, 0.15) is 38.3 Å². The number of aliphatic carboxylic acids is 1. The molecule has 130 valence electrons. The summed E-state index contributed by atoms with van der Waals surface area (Å²) >= 11 is 0. The zero-order chi connectivity index (χ0) is 18.0. The van der Waals surface area contributed by atoms with Crippen LogP contribution < -0.4 is 0 Å². The second kappa shape index (κ2) is 6.63. The van der Waals surface area contributed by atoms with E-state index in [2.05, 4.69) is 0 Å². The van der Waals surface area contributed by atoms with Crippen molar-refractivity contribution in [1.29, 1.82) is 0 Å². The van der Waals surface area contributed by atoms with Gasteiger partial charge in [-0.15, -0.1) is 0 Å². The van der Waals surface area contributed by atoms with Gasteiger partial charge in [0.2, 0.25) is 0 Å². The van der Waals surface area contributed by atoms with Crippen molar-refractivity contribution in [3.8, 4) is 11.3 Å². The molecule has 0 spiro atoms. The standard InChI is InChI=1S/C21H23NO3/c1-21(2,3)19(20(23)24)22-16(14-17-10-7-13-25-17)11-12-18(22)15-8-5-4-6-9-15/h4-13,19H,14H2,1-3H3,(H,23,24). The van der Waals surface area contributed by atoms with E-state index in [0.29, 0.717) is 6.42 Å². The van der Waals surface area contributed by atoms with Crippen molar-refractivity contribution in [1.82, 2.24) is 4.57 Å². The highest BCUT2D eigenvalue weighted by molar-refractivity contribution is 5.75. The summed E-state index contributed by atoms with van der Waals surface area (Å²) in [7, 11) is 0. The van der Waals surface area contributed by atoms with Crippen LogP contribution in [0.25, 0.3) is 11.3 Å². The molecule has 0 radical (unpaired) electrons. The summed E-state index contributed by atoms with van der Waals surface area (Å²) < 4.78 is 7.42. The molecule has 0 aliphatic carbocycles. The minimum absolute atomic E-state index is 0.438. The second-order valence-electron chi connectivity index (χ2n) is 7.31. The molecule has 3 aromatic rings. The molecular formula is C21H23NO3. The van der Waals surface area contributed by atoms with E-state index < -0.39 is 17.4 Å². The second-order valence-corrected chi connectivity index (χ2v) is 7.31. The fraction of sp³-hybridized carbons (Fsp3) is 0.286. The predicted molar refractivity (Wildman–Crippen MR) is 97.5 cm³/mol. The molecule has 4 nitrogen and oxygen atoms in total. The maximum absolute atomic E-state index is 12.1. The van der Waals surface area contributed by atoms with Gasteiger partial charge in [0.25, 0.3) is 0 Å². The van der Waals surface area contributed by atoms with Crippen molar-refractivity contribution in [3.63, 3.8) is 0 Å². The topological polar surface area (TPSA) is 55.4 Å². The van der Waals surface area contributed by atoms with Gasteiger partial charge in [-0.2, -0.15) is 0 Å². The van der Waals surface area contributed by atoms with Gasteiger partial charge in [-0.3, -0.25) is 0 Å². The molecule has 2 aromatic heterocycles. The number of benzene rings is 1. The van der Waals surface area contributed by atoms with Crippen LogP contribution in [-0.4, -0.2) is 15.6 Å². The lowest BCUT2D eigenvalue weighted by molar-refractivity contribution is -0.144. The van der Waals surface area contributed by atoms with Crippen LogP contribution in [-0.2, 0) is 11.2 Å². The van der Waals surface area contributed by atoms with Crippen LogP contribution in [0.3, 0.4) is 0 Å². The maximum atomic E-state index is 12.1. The summed E-state index contributed by atoms with van der Waals surface area (Å²) in [4.78, 5) is 12.1. The third-order valence-corrected chi connectivity index (χ3v) is 4.32. The van der Waals surface area contributed by atoms with Gasteiger partial charge < -0.3 is 14.1 Å². The number of carbonyl (C=O) groups is 1. The SMILES string of the molecule is CC(C)(C)C(C(=O)O)n1c(Cc2ccco2)ccc1-c1ccccc1. The molecule has 1 atom stereocenters. The Bertz CT molecular complexity index is 839. The third-order valence-electron chi connectivity index (χ3n) is 4.32. The van der Waals surface area contributed by atoms with E-state index in [1.54, 1.807) is 6.26 Å². The first kappa shape index (κ1) is 17.1. The van der Waals surface area contributed by atoms with Gasteiger partial charge in [0.1, 0.15) is 11.8 Å². The normalized spacial score (nSPS) is 12.9. The summed E-state index contributed by atoms with van der Waals surface area (Å²) in [5.74, 6) is -0.0152. The lowest BCUT2D eigenvalue weighted by atomic mass is 9.86. The number of carboxylic acid groups (broad SMARTS) is 1. The number of nitrogens with zero attached hydrogens (tertiary/aromatic N) is 1. The molecular weight excluding hydrogens is 314 g/mol. The first-order valence-electron chi connectivity index (χ1n) is 8.38. The number of hydrogen-bond donors (Lipinski definition) is 1. The van der Waals surface area contributed by atoms with Crippen molar-refractivity contribution < 1.29 is 14.3 Å². The summed E-state index contributed by atoms with van der Waals surface area (Å²) in [6.45, 7) is 5.87. The minimum Gasteiger partial charge on any atom is -0.480 e. The Balaban J connectivity index is 2.17. The molecule has 0 saturated heterocycles. The van der Waals surface area contributed by atoms with Gasteiger partial charge in [0, 0.05) is 17.8 Å². The number of aromatic nitrogens is 1. The first-order chi connectivity index (χ1) is 11.9. The highest BCUT2D eigenvalue weighted by Gasteiger charge is 2.35. The molecule has 0 fully saturated rings. The van der Waals surface area contributed by atoms with Crippen molar-refractivity contribution in [2.75, 3.05) is 0 Å². The summed E-state index contributed by atoms with van der Waals surface area (Å²) in [5, 5.41) is 9.96. The molecule has 1 aromatic carbocycles. The minimum atomic E-state index is -0.832. The zero-order valence-electron chi connectivity index (χ0n) is 14.8. The van der Waals surface area contributed by atoms with Crippen LogP contribution in [0.15, 0.2) is 65.3 Å². The van der Waals surface area contributed by atoms with Gasteiger partial charge in [-0.25, -0.2) is 4.79 Å². The van der Waals surface area contributed by atoms with E-state index >= 15 is 0 Å². The van der Waals surface area contributed by atoms with Crippen molar-refractivity contribution in [2.45, 2.75) is 33.2 Å². The molecule has 1 N–H and O–H groups in total. The molecule has 1 unspecified atom stereocenters. The van der Waals surface area contributed by atoms with E-state index in [0.717, 1.165) is 22.7 Å². The maximum Gasteiger partial charge on any atom is 0.327 e. The van der Waals surface area contributed by atoms with E-state index in [9.17, 15) is 9.90 Å². The van der Waals surface area contributed by atoms with Crippen molar-refractivity contribution in [3.05, 3.63) is 72.3 Å². The van der Waals surface area contributed by atoms with Crippen molar-refractivity contribution in [2.24, 2.45) is 5.41 Å². The number of rotatable bonds is 5. The highest BCUT2D eigenvalue weighted by Crippen LogP contribution is 2.37. The molecule has 0 amide bonds. The predicted octanol–water partition coefficient (Wildman–Crippen LogP) is 5.01. The first-order valence-corrected chi connectivity index (χ1v) is 8.38. The average molecular weight is 337 g/mol. The van der Waals surface area contributed by atoms with Crippen LogP contribution in [0, 0.1) is 5.41 Å². The highest BCUT2D eigenvalue weighted by atomic mass is 16.4. The summed E-state index contributed by atoms with van der Waals surface area (Å²) in [6, 6.07) is 17.0. The fourth-order valence-corrected chi connectivity index (χ4v) is 3.24. The molecule has 4 heteroatoms. The van der Waals surface area contributed by atoms with E-state index in [1.165, 1.54) is 0 Å². The Morgan fingerprint density at radius 2 is 1.80 bits per heavy atom. The largest absolute Gasteiger partial charge is 0.480 e. The van der Waals surface area contributed by atoms with Crippen LogP contribution in [0.5, 0.6) is 0 Å². The van der Waals surface area contributed by atoms with Gasteiger partial charge in [-0.1, -0.05) is 51.1 Å². The van der Waals surface area contributed by atoms with E-state index in [-0.39, 0.29) is 0 Å². The number of carboxylic acids is 1. The molecule has 0 saturated carbocycles. The van der Waals surface area contributed by atoms with Crippen LogP contribution in [0.4, 0.5) is 0 Å². The van der Waals surface area contributed by atoms with Crippen molar-refractivity contribution >= 4 is 5.97 Å². The smallest absolute Gasteiger partial charge is 0.327 e. The molecule has 25 heavy (non-hydrogen) atoms. The zero-order valence-corrected chi connectivity index (χ0v) is 14.8. The summed E-state index contributed by atoms with van der Waals surface area (Å²) in [6.07, 6.45) is 2.19. The average Bonchev–Trinajstić information content (AvgIpc) is 3.18. The molecule has 2 heterocycles. The molecule has 0 bridgehead atoms. The van der Waals surface area contributed by atoms with Gasteiger partial charge >= 0.3 is 5.97 Å². The van der Waals surface area contributed by atoms with Gasteiger partial charge in [-0.05, 0) is 35.2 Å². The lowest BCUT2D eigenvalue weighted by Gasteiger charge is -2.31. The van der Waals surface area contributed by atoms with Crippen LogP contribution in [0.2, 0.25) is 0 Å². The Labute approximate surface area is 147 Å². The number of furan rings is 1. The van der Waals surface area contributed by atoms with Crippen LogP contribution >= 0.6 is 0 Å². The molecule has 0 aliphatic heterocycles. The molecule has 3 rings (SSSR count). The molecule has 0 aliphatic rings. The Morgan fingerprint density at radius 3 is 2.36 bits per heavy atom. The van der Waals surface area contributed by atoms with E-state index in [1.807, 2.05) is 79.9 Å². The lowest BCUT2D eigenvalue weighted by Crippen LogP contribution is -2.33. The number of hydrogen-bond acceptors (Lipinski definition) is 2.